The summed E-state index contributed by atoms with van der Waals surface area (Å²) in [6.07, 6.45) is 11.5. The summed E-state index contributed by atoms with van der Waals surface area (Å²) < 4.78 is 10.9. The van der Waals surface area contributed by atoms with Crippen molar-refractivity contribution in [3.05, 3.63) is 0 Å². The van der Waals surface area contributed by atoms with E-state index in [2.05, 4.69) is 13.8 Å². The second-order valence-corrected chi connectivity index (χ2v) is 13.3. The summed E-state index contributed by atoms with van der Waals surface area (Å²) in [4.78, 5) is 44.1. The van der Waals surface area contributed by atoms with Crippen molar-refractivity contribution in [3.63, 3.8) is 0 Å². The van der Waals surface area contributed by atoms with Crippen molar-refractivity contribution in [1.29, 1.82) is 0 Å². The molecule has 0 saturated heterocycles. The molecular weight excluding hydrogens is 558 g/mol. The van der Waals surface area contributed by atoms with E-state index in [-0.39, 0.29) is 81.1 Å². The fraction of sp³-hybridized carbons (Fsp3) is 0.875. The molecule has 0 aliphatic heterocycles. The van der Waals surface area contributed by atoms with Gasteiger partial charge in [0.2, 0.25) is 0 Å². The summed E-state index contributed by atoms with van der Waals surface area (Å²) >= 11 is 0. The smallest absolute Gasteiger partial charge is 0.550 e. The standard InChI is InChI=1S/2C16H30O4.K.Li/c2*1-6-7-8-9-10-11-16(5,15(2,3)4)20-14(19)12-13(17)18;;/h2*6-12H2,1-5H3,(H,17,18);;/q;;2*+1/p-2. The first-order valence-electron chi connectivity index (χ1n) is 15.1. The van der Waals surface area contributed by atoms with E-state index in [9.17, 15) is 29.4 Å². The van der Waals surface area contributed by atoms with E-state index in [1.165, 1.54) is 38.5 Å². The molecule has 8 nitrogen and oxygen atoms in total. The largest absolute Gasteiger partial charge is 1.00 e. The van der Waals surface area contributed by atoms with E-state index >= 15 is 0 Å². The zero-order valence-corrected chi connectivity index (χ0v) is 32.3. The Morgan fingerprint density at radius 2 is 0.786 bits per heavy atom. The minimum Gasteiger partial charge on any atom is -0.550 e. The van der Waals surface area contributed by atoms with Gasteiger partial charge in [0.1, 0.15) is 11.2 Å². The number of unbranched alkanes of at least 4 members (excludes halogenated alkanes) is 8. The number of hydrogen-bond acceptors (Lipinski definition) is 8. The Bertz CT molecular complexity index is 711. The number of hydrogen-bond donors (Lipinski definition) is 0. The molecule has 236 valence electrons. The van der Waals surface area contributed by atoms with Crippen molar-refractivity contribution >= 4 is 23.9 Å². The van der Waals surface area contributed by atoms with Gasteiger partial charge in [-0.1, -0.05) is 107 Å². The molecule has 0 radical (unpaired) electrons. The maximum Gasteiger partial charge on any atom is 1.00 e. The fourth-order valence-electron chi connectivity index (χ4n) is 4.10. The molecule has 0 N–H and O–H groups in total. The van der Waals surface area contributed by atoms with Crippen LogP contribution in [-0.2, 0) is 28.7 Å². The molecule has 0 bridgehead atoms. The zero-order chi connectivity index (χ0) is 31.6. The van der Waals surface area contributed by atoms with Crippen LogP contribution in [0.5, 0.6) is 0 Å². The van der Waals surface area contributed by atoms with Gasteiger partial charge in [-0.05, 0) is 39.5 Å². The van der Waals surface area contributed by atoms with Gasteiger partial charge in [0.05, 0.1) is 24.8 Å². The van der Waals surface area contributed by atoms with Gasteiger partial charge in [0.25, 0.3) is 0 Å². The Morgan fingerprint density at radius 3 is 1.00 bits per heavy atom. The number of carboxylic acids is 2. The topological polar surface area (TPSA) is 133 Å². The monoisotopic (exact) mass is 616 g/mol. The van der Waals surface area contributed by atoms with Crippen molar-refractivity contribution < 1.29 is 109 Å². The first-order chi connectivity index (χ1) is 18.2. The summed E-state index contributed by atoms with van der Waals surface area (Å²) in [6.45, 7) is 20.1. The van der Waals surface area contributed by atoms with E-state index in [4.69, 9.17) is 9.47 Å². The van der Waals surface area contributed by atoms with Crippen LogP contribution >= 0.6 is 0 Å². The molecule has 0 amide bonds. The van der Waals surface area contributed by atoms with Gasteiger partial charge >= 0.3 is 82.2 Å². The van der Waals surface area contributed by atoms with Gasteiger partial charge in [-0.15, -0.1) is 0 Å². The molecule has 0 saturated carbocycles. The Balaban J connectivity index is -0.000000328. The molecule has 2 unspecified atom stereocenters. The molecular formula is C32H58KLiO8. The number of carboxylic acid groups (broad SMARTS) is 2. The minimum absolute atomic E-state index is 0. The fourth-order valence-corrected chi connectivity index (χ4v) is 4.10. The molecule has 0 aromatic rings. The van der Waals surface area contributed by atoms with Crippen molar-refractivity contribution in [2.45, 2.75) is 170 Å². The second kappa shape index (κ2) is 24.4. The van der Waals surface area contributed by atoms with Crippen molar-refractivity contribution in [3.8, 4) is 0 Å². The Kier molecular flexibility index (Phi) is 28.4. The number of ether oxygens (including phenoxy) is 2. The van der Waals surface area contributed by atoms with Gasteiger partial charge in [0.15, 0.2) is 0 Å². The van der Waals surface area contributed by atoms with E-state index < -0.39 is 47.9 Å². The van der Waals surface area contributed by atoms with Crippen molar-refractivity contribution in [2.75, 3.05) is 0 Å². The summed E-state index contributed by atoms with van der Waals surface area (Å²) in [5.41, 5.74) is -1.77. The predicted octanol–water partition coefficient (Wildman–Crippen LogP) is -0.322. The van der Waals surface area contributed by atoms with Crippen LogP contribution in [-0.4, -0.2) is 35.1 Å². The number of carbonyl (C=O) groups excluding carboxylic acids is 4. The molecule has 0 aliphatic rings. The molecule has 0 rings (SSSR count). The quantitative estimate of drug-likeness (QED) is 0.0886. The van der Waals surface area contributed by atoms with Crippen LogP contribution in [0.25, 0.3) is 0 Å². The zero-order valence-electron chi connectivity index (χ0n) is 29.2. The molecule has 0 spiro atoms. The van der Waals surface area contributed by atoms with Crippen LogP contribution in [0.3, 0.4) is 0 Å². The van der Waals surface area contributed by atoms with Gasteiger partial charge in [-0.25, -0.2) is 0 Å². The Labute approximate surface area is 311 Å². The Morgan fingerprint density at radius 1 is 0.524 bits per heavy atom. The maximum atomic E-state index is 11.6. The normalized spacial score (nSPS) is 14.0. The van der Waals surface area contributed by atoms with Crippen molar-refractivity contribution in [2.24, 2.45) is 10.8 Å². The maximum absolute atomic E-state index is 11.6. The third kappa shape index (κ3) is 22.6. The molecule has 0 heterocycles. The Hall–Kier alpha value is 0.114. The summed E-state index contributed by atoms with van der Waals surface area (Å²) in [5.74, 6) is -4.21. The second-order valence-electron chi connectivity index (χ2n) is 13.3. The van der Waals surface area contributed by atoms with Crippen LogP contribution in [0.1, 0.15) is 159 Å². The van der Waals surface area contributed by atoms with E-state index in [1.807, 2.05) is 55.4 Å². The SMILES string of the molecule is CCCCCCCC(C)(OC(=O)CC(=O)[O-])C(C)(C)C.CCCCCCCC(C)(OC(=O)CC(=O)[O-])C(C)(C)C.[K+].[Li+]. The van der Waals surface area contributed by atoms with E-state index in [0.29, 0.717) is 0 Å². The van der Waals surface area contributed by atoms with E-state index in [0.717, 1.165) is 38.5 Å². The van der Waals surface area contributed by atoms with Gasteiger partial charge in [0, 0.05) is 10.8 Å². The number of carbonyl (C=O) groups is 4. The van der Waals surface area contributed by atoms with Gasteiger partial charge in [-0.3, -0.25) is 9.59 Å². The average Bonchev–Trinajstić information content (AvgIpc) is 2.76. The summed E-state index contributed by atoms with van der Waals surface area (Å²) in [6, 6.07) is 0. The van der Waals surface area contributed by atoms with Crippen LogP contribution in [0.4, 0.5) is 0 Å². The number of aliphatic carboxylic acids is 2. The molecule has 0 aliphatic carbocycles. The van der Waals surface area contributed by atoms with Crippen molar-refractivity contribution in [1.82, 2.24) is 0 Å². The molecule has 10 heteroatoms. The third-order valence-corrected chi connectivity index (χ3v) is 7.94. The molecule has 2 atom stereocenters. The van der Waals surface area contributed by atoms with Crippen LogP contribution in [0.2, 0.25) is 0 Å². The molecule has 0 fully saturated rings. The molecule has 42 heavy (non-hydrogen) atoms. The minimum atomic E-state index is -1.39. The number of esters is 2. The summed E-state index contributed by atoms with van der Waals surface area (Å²) in [5, 5.41) is 20.9. The van der Waals surface area contributed by atoms with E-state index in [1.54, 1.807) is 0 Å². The summed E-state index contributed by atoms with van der Waals surface area (Å²) in [7, 11) is 0. The van der Waals surface area contributed by atoms with Crippen LogP contribution in [0, 0.1) is 10.8 Å². The van der Waals surface area contributed by atoms with Gasteiger partial charge in [-0.2, -0.15) is 0 Å². The first-order valence-corrected chi connectivity index (χ1v) is 15.1. The van der Waals surface area contributed by atoms with Crippen LogP contribution < -0.4 is 80.5 Å². The third-order valence-electron chi connectivity index (χ3n) is 7.94. The predicted molar refractivity (Wildman–Crippen MR) is 154 cm³/mol. The molecule has 0 aromatic heterocycles. The number of rotatable bonds is 18. The molecule has 0 aromatic carbocycles. The van der Waals surface area contributed by atoms with Crippen LogP contribution in [0.15, 0.2) is 0 Å². The first kappa shape index (κ1) is 49.0. The van der Waals surface area contributed by atoms with Gasteiger partial charge < -0.3 is 29.3 Å². The average molecular weight is 617 g/mol.